The molecule has 0 saturated carbocycles. The maximum absolute atomic E-state index is 13.6. The lowest BCUT2D eigenvalue weighted by molar-refractivity contribution is -0.116. The van der Waals surface area contributed by atoms with E-state index in [0.717, 1.165) is 9.87 Å². The van der Waals surface area contributed by atoms with Crippen LogP contribution in [0.2, 0.25) is 0 Å². The highest BCUT2D eigenvalue weighted by atomic mass is 32.2. The summed E-state index contributed by atoms with van der Waals surface area (Å²) in [6.07, 6.45) is 0.405. The SMILES string of the molecule is O=C1CCCc2cc(S(=O)(=O)N3C[C@@H](F)C[C@H]3CO)ccc2N1. The van der Waals surface area contributed by atoms with Crippen LogP contribution < -0.4 is 5.32 Å². The molecule has 1 aromatic rings. The lowest BCUT2D eigenvalue weighted by Crippen LogP contribution is -2.37. The fourth-order valence-corrected chi connectivity index (χ4v) is 4.84. The molecule has 3 rings (SSSR count). The zero-order valence-corrected chi connectivity index (χ0v) is 13.4. The molecule has 2 atom stereocenters. The quantitative estimate of drug-likeness (QED) is 0.860. The van der Waals surface area contributed by atoms with Crippen molar-refractivity contribution in [2.75, 3.05) is 18.5 Å². The Morgan fingerprint density at radius 2 is 2.13 bits per heavy atom. The minimum absolute atomic E-state index is 0.0106. The molecule has 1 amide bonds. The number of carbonyl (C=O) groups is 1. The van der Waals surface area contributed by atoms with Gasteiger partial charge in [0.05, 0.1) is 17.5 Å². The number of nitrogens with one attached hydrogen (secondary N) is 1. The zero-order valence-electron chi connectivity index (χ0n) is 12.5. The molecule has 0 aromatic heterocycles. The smallest absolute Gasteiger partial charge is 0.243 e. The van der Waals surface area contributed by atoms with Crippen molar-refractivity contribution in [3.63, 3.8) is 0 Å². The first-order valence-electron chi connectivity index (χ1n) is 7.61. The highest BCUT2D eigenvalue weighted by Crippen LogP contribution is 2.31. The molecule has 2 N–H and O–H groups in total. The van der Waals surface area contributed by atoms with E-state index in [1.807, 2.05) is 0 Å². The van der Waals surface area contributed by atoms with Crippen LogP contribution in [0, 0.1) is 0 Å². The van der Waals surface area contributed by atoms with Gasteiger partial charge in [-0.05, 0) is 43.0 Å². The Labute approximate surface area is 134 Å². The van der Waals surface area contributed by atoms with Crippen LogP contribution in [0.4, 0.5) is 10.1 Å². The molecule has 126 valence electrons. The fraction of sp³-hybridized carbons (Fsp3) is 0.533. The topological polar surface area (TPSA) is 86.7 Å². The van der Waals surface area contributed by atoms with Crippen LogP contribution in [-0.4, -0.2) is 49.1 Å². The Morgan fingerprint density at radius 3 is 2.87 bits per heavy atom. The van der Waals surface area contributed by atoms with Crippen molar-refractivity contribution >= 4 is 21.6 Å². The van der Waals surface area contributed by atoms with Crippen LogP contribution in [0.5, 0.6) is 0 Å². The van der Waals surface area contributed by atoms with E-state index in [1.54, 1.807) is 6.07 Å². The maximum Gasteiger partial charge on any atom is 0.243 e. The van der Waals surface area contributed by atoms with Crippen molar-refractivity contribution in [1.82, 2.24) is 4.31 Å². The first-order chi connectivity index (χ1) is 10.9. The number of anilines is 1. The molecule has 6 nitrogen and oxygen atoms in total. The third-order valence-electron chi connectivity index (χ3n) is 4.33. The zero-order chi connectivity index (χ0) is 16.6. The van der Waals surface area contributed by atoms with E-state index in [-0.39, 0.29) is 23.8 Å². The highest BCUT2D eigenvalue weighted by molar-refractivity contribution is 7.89. The Morgan fingerprint density at radius 1 is 1.35 bits per heavy atom. The standard InChI is InChI=1S/C15H19FN2O4S/c16-11-7-12(9-19)18(8-11)23(21,22)13-4-5-14-10(6-13)2-1-3-15(20)17-14/h4-6,11-12,19H,1-3,7-9H2,(H,17,20)/t11-,12-/m0/s1. The van der Waals surface area contributed by atoms with E-state index in [2.05, 4.69) is 5.32 Å². The molecule has 0 bridgehead atoms. The number of hydrogen-bond donors (Lipinski definition) is 2. The highest BCUT2D eigenvalue weighted by Gasteiger charge is 2.40. The molecule has 0 radical (unpaired) electrons. The van der Waals surface area contributed by atoms with Gasteiger partial charge in [0, 0.05) is 18.7 Å². The Kier molecular flexibility index (Phi) is 4.39. The molecule has 2 heterocycles. The van der Waals surface area contributed by atoms with Gasteiger partial charge in [0.15, 0.2) is 0 Å². The number of alkyl halides is 1. The van der Waals surface area contributed by atoms with Gasteiger partial charge >= 0.3 is 0 Å². The number of halogens is 1. The lowest BCUT2D eigenvalue weighted by atomic mass is 10.1. The number of nitrogens with zero attached hydrogens (tertiary/aromatic N) is 1. The fourth-order valence-electron chi connectivity index (χ4n) is 3.14. The number of sulfonamides is 1. The van der Waals surface area contributed by atoms with E-state index >= 15 is 0 Å². The average molecular weight is 342 g/mol. The molecule has 0 aliphatic carbocycles. The number of aliphatic hydroxyl groups is 1. The molecule has 0 spiro atoms. The van der Waals surface area contributed by atoms with Crippen molar-refractivity contribution in [2.45, 2.75) is 42.8 Å². The van der Waals surface area contributed by atoms with E-state index in [4.69, 9.17) is 0 Å². The molecular weight excluding hydrogens is 323 g/mol. The molecule has 1 fully saturated rings. The van der Waals surface area contributed by atoms with Crippen molar-refractivity contribution in [1.29, 1.82) is 0 Å². The molecule has 2 aliphatic heterocycles. The van der Waals surface area contributed by atoms with E-state index in [1.165, 1.54) is 12.1 Å². The van der Waals surface area contributed by atoms with Crippen molar-refractivity contribution in [2.24, 2.45) is 0 Å². The number of benzene rings is 1. The number of fused-ring (bicyclic) bond motifs is 1. The maximum atomic E-state index is 13.6. The van der Waals surface area contributed by atoms with Gasteiger partial charge in [0.25, 0.3) is 0 Å². The summed E-state index contributed by atoms with van der Waals surface area (Å²) in [5.74, 6) is -0.0838. The van der Waals surface area contributed by atoms with Gasteiger partial charge < -0.3 is 10.4 Å². The minimum atomic E-state index is -3.87. The van der Waals surface area contributed by atoms with E-state index in [9.17, 15) is 22.7 Å². The van der Waals surface area contributed by atoms with Gasteiger partial charge in [0.2, 0.25) is 15.9 Å². The van der Waals surface area contributed by atoms with Gasteiger partial charge in [-0.15, -0.1) is 0 Å². The average Bonchev–Trinajstić information content (AvgIpc) is 2.80. The van der Waals surface area contributed by atoms with Gasteiger partial charge in [0.1, 0.15) is 6.17 Å². The van der Waals surface area contributed by atoms with Crippen LogP contribution >= 0.6 is 0 Å². The largest absolute Gasteiger partial charge is 0.395 e. The van der Waals surface area contributed by atoms with Gasteiger partial charge in [-0.1, -0.05) is 0 Å². The Bertz CT molecular complexity index is 722. The molecule has 23 heavy (non-hydrogen) atoms. The molecule has 1 aromatic carbocycles. The summed E-state index contributed by atoms with van der Waals surface area (Å²) in [5, 5.41) is 12.1. The number of aryl methyl sites for hydroxylation is 1. The lowest BCUT2D eigenvalue weighted by Gasteiger charge is -2.22. The van der Waals surface area contributed by atoms with Crippen LogP contribution in [-0.2, 0) is 21.2 Å². The third-order valence-corrected chi connectivity index (χ3v) is 6.25. The van der Waals surface area contributed by atoms with Crippen molar-refractivity contribution in [3.05, 3.63) is 23.8 Å². The molecule has 1 saturated heterocycles. The monoisotopic (exact) mass is 342 g/mol. The van der Waals surface area contributed by atoms with E-state index in [0.29, 0.717) is 24.9 Å². The Balaban J connectivity index is 1.95. The predicted molar refractivity (Wildman–Crippen MR) is 82.3 cm³/mol. The summed E-state index contributed by atoms with van der Waals surface area (Å²) < 4.78 is 40.1. The summed E-state index contributed by atoms with van der Waals surface area (Å²) in [4.78, 5) is 11.6. The number of rotatable bonds is 3. The molecule has 2 aliphatic rings. The number of amides is 1. The van der Waals surface area contributed by atoms with E-state index < -0.39 is 28.8 Å². The van der Waals surface area contributed by atoms with Crippen LogP contribution in [0.25, 0.3) is 0 Å². The van der Waals surface area contributed by atoms with Crippen LogP contribution in [0.1, 0.15) is 24.8 Å². The number of aliphatic hydroxyl groups excluding tert-OH is 1. The number of hydrogen-bond acceptors (Lipinski definition) is 4. The van der Waals surface area contributed by atoms with Crippen LogP contribution in [0.3, 0.4) is 0 Å². The third kappa shape index (κ3) is 3.11. The van der Waals surface area contributed by atoms with Crippen molar-refractivity contribution in [3.8, 4) is 0 Å². The van der Waals surface area contributed by atoms with Gasteiger partial charge in [-0.25, -0.2) is 12.8 Å². The molecule has 0 unspecified atom stereocenters. The predicted octanol–water partition coefficient (Wildman–Crippen LogP) is 1.05. The molecular formula is C15H19FN2O4S. The summed E-state index contributed by atoms with van der Waals surface area (Å²) >= 11 is 0. The summed E-state index contributed by atoms with van der Waals surface area (Å²) in [7, 11) is -3.87. The van der Waals surface area contributed by atoms with Gasteiger partial charge in [-0.3, -0.25) is 4.79 Å². The summed E-state index contributed by atoms with van der Waals surface area (Å²) in [5.41, 5.74) is 1.38. The second kappa shape index (κ2) is 6.18. The first-order valence-corrected chi connectivity index (χ1v) is 9.05. The van der Waals surface area contributed by atoms with Crippen LogP contribution in [0.15, 0.2) is 23.1 Å². The Hall–Kier alpha value is -1.51. The molecule has 8 heteroatoms. The minimum Gasteiger partial charge on any atom is -0.395 e. The summed E-state index contributed by atoms with van der Waals surface area (Å²) in [6, 6.07) is 3.80. The first kappa shape index (κ1) is 16.4. The number of carbonyl (C=O) groups excluding carboxylic acids is 1. The van der Waals surface area contributed by atoms with Crippen molar-refractivity contribution < 1.29 is 22.7 Å². The second-order valence-electron chi connectivity index (χ2n) is 5.96. The second-order valence-corrected chi connectivity index (χ2v) is 7.86. The normalized spacial score (nSPS) is 25.7. The summed E-state index contributed by atoms with van der Waals surface area (Å²) in [6.45, 7) is -0.637. The van der Waals surface area contributed by atoms with Gasteiger partial charge in [-0.2, -0.15) is 4.31 Å².